The predicted octanol–water partition coefficient (Wildman–Crippen LogP) is 2.58. The number of imidazole rings is 1. The molecule has 112 valence electrons. The molecule has 5 nitrogen and oxygen atoms in total. The number of rotatable bonds is 6. The summed E-state index contributed by atoms with van der Waals surface area (Å²) in [6.45, 7) is 5.97. The van der Waals surface area contributed by atoms with E-state index in [1.807, 2.05) is 18.7 Å². The lowest BCUT2D eigenvalue weighted by molar-refractivity contribution is 0.382. The second kappa shape index (κ2) is 6.14. The Labute approximate surface area is 125 Å². The van der Waals surface area contributed by atoms with Crippen LogP contribution < -0.4 is 0 Å². The number of nitrogens with zero attached hydrogens (tertiary/aromatic N) is 5. The van der Waals surface area contributed by atoms with Crippen LogP contribution >= 0.6 is 11.6 Å². The Balaban J connectivity index is 2.53. The van der Waals surface area contributed by atoms with Crippen LogP contribution in [-0.2, 0) is 20.0 Å². The van der Waals surface area contributed by atoms with Gasteiger partial charge >= 0.3 is 0 Å². The molecule has 1 atom stereocenters. The van der Waals surface area contributed by atoms with Crippen molar-refractivity contribution < 1.29 is 0 Å². The fraction of sp³-hybridized carbons (Fsp3) is 0.714. The van der Waals surface area contributed by atoms with E-state index in [-0.39, 0.29) is 5.38 Å². The van der Waals surface area contributed by atoms with Crippen molar-refractivity contribution in [2.45, 2.75) is 38.6 Å². The quantitative estimate of drug-likeness (QED) is 0.769. The average Bonchev–Trinajstić information content (AvgIpc) is 2.87. The lowest BCUT2D eigenvalue weighted by Gasteiger charge is -2.14. The predicted molar refractivity (Wildman–Crippen MR) is 83.3 cm³/mol. The van der Waals surface area contributed by atoms with Gasteiger partial charge in [-0.05, 0) is 27.4 Å². The van der Waals surface area contributed by atoms with Crippen LogP contribution in [0.5, 0.6) is 0 Å². The second-order valence-corrected chi connectivity index (χ2v) is 6.19. The molecule has 0 bridgehead atoms. The van der Waals surface area contributed by atoms with Gasteiger partial charge < -0.3 is 9.47 Å². The minimum atomic E-state index is -0.0981. The van der Waals surface area contributed by atoms with Gasteiger partial charge in [-0.15, -0.1) is 11.6 Å². The van der Waals surface area contributed by atoms with Gasteiger partial charge in [-0.3, -0.25) is 4.68 Å². The van der Waals surface area contributed by atoms with Gasteiger partial charge in [0.15, 0.2) is 5.65 Å². The van der Waals surface area contributed by atoms with Gasteiger partial charge in [-0.2, -0.15) is 5.10 Å². The lowest BCUT2D eigenvalue weighted by Crippen LogP contribution is -2.20. The first-order chi connectivity index (χ1) is 9.45. The van der Waals surface area contributed by atoms with Crippen molar-refractivity contribution in [2.75, 3.05) is 20.6 Å². The number of hydrogen-bond donors (Lipinski definition) is 0. The highest BCUT2D eigenvalue weighted by Crippen LogP contribution is 2.26. The van der Waals surface area contributed by atoms with Gasteiger partial charge in [-0.1, -0.05) is 13.3 Å². The summed E-state index contributed by atoms with van der Waals surface area (Å²) in [4.78, 5) is 6.92. The molecule has 2 aromatic heterocycles. The van der Waals surface area contributed by atoms with Crippen molar-refractivity contribution in [1.29, 1.82) is 0 Å². The Bertz CT molecular complexity index is 582. The van der Waals surface area contributed by atoms with E-state index < -0.39 is 0 Å². The molecule has 0 saturated heterocycles. The smallest absolute Gasteiger partial charge is 0.158 e. The van der Waals surface area contributed by atoms with Gasteiger partial charge in [0.25, 0.3) is 0 Å². The molecular formula is C14H24ClN5. The highest BCUT2D eigenvalue weighted by Gasteiger charge is 2.21. The molecule has 0 amide bonds. The van der Waals surface area contributed by atoms with Gasteiger partial charge in [0, 0.05) is 20.1 Å². The molecule has 0 N–H and O–H groups in total. The van der Waals surface area contributed by atoms with Crippen LogP contribution in [0.3, 0.4) is 0 Å². The molecule has 0 radical (unpaired) electrons. The number of likely N-dealkylation sites (N-methyl/N-ethyl adjacent to an activating group) is 1. The largest absolute Gasteiger partial charge is 0.310 e. The molecule has 2 aromatic rings. The summed E-state index contributed by atoms with van der Waals surface area (Å²) in [6.07, 6.45) is 2.03. The lowest BCUT2D eigenvalue weighted by atomic mass is 10.2. The number of halogens is 1. The highest BCUT2D eigenvalue weighted by molar-refractivity contribution is 6.20. The maximum absolute atomic E-state index is 6.31. The first kappa shape index (κ1) is 15.3. The first-order valence-corrected chi connectivity index (χ1v) is 7.60. The average molecular weight is 298 g/mol. The molecule has 0 aliphatic heterocycles. The van der Waals surface area contributed by atoms with E-state index in [2.05, 4.69) is 35.6 Å². The van der Waals surface area contributed by atoms with E-state index in [0.717, 1.165) is 48.6 Å². The van der Waals surface area contributed by atoms with Crippen LogP contribution in [0, 0.1) is 0 Å². The molecule has 0 aromatic carbocycles. The zero-order valence-corrected chi connectivity index (χ0v) is 13.8. The Morgan fingerprint density at radius 1 is 1.35 bits per heavy atom. The van der Waals surface area contributed by atoms with Gasteiger partial charge in [0.1, 0.15) is 11.3 Å². The maximum Gasteiger partial charge on any atom is 0.158 e. The minimum absolute atomic E-state index is 0.0981. The van der Waals surface area contributed by atoms with Crippen LogP contribution in [0.15, 0.2) is 0 Å². The van der Waals surface area contributed by atoms with E-state index in [1.165, 1.54) is 0 Å². The van der Waals surface area contributed by atoms with Gasteiger partial charge in [-0.25, -0.2) is 4.98 Å². The summed E-state index contributed by atoms with van der Waals surface area (Å²) in [5, 5.41) is 4.51. The second-order valence-electron chi connectivity index (χ2n) is 5.53. The van der Waals surface area contributed by atoms with E-state index in [0.29, 0.717) is 0 Å². The third-order valence-electron chi connectivity index (χ3n) is 3.43. The number of alkyl halides is 1. The van der Waals surface area contributed by atoms with Gasteiger partial charge in [0.2, 0.25) is 0 Å². The van der Waals surface area contributed by atoms with Crippen LogP contribution in [0.1, 0.15) is 37.2 Å². The van der Waals surface area contributed by atoms with Gasteiger partial charge in [0.05, 0.1) is 11.1 Å². The molecule has 1 unspecified atom stereocenters. The molecule has 0 spiro atoms. The molecule has 0 saturated carbocycles. The van der Waals surface area contributed by atoms with Crippen LogP contribution in [0.2, 0.25) is 0 Å². The number of fused-ring (bicyclic) bond motifs is 1. The standard InChI is InChI=1S/C14H24ClN5/c1-6-7-11-12-14(19(5)17-11)20(9-8-18(3)4)13(16-12)10(2)15/h10H,6-9H2,1-5H3. The summed E-state index contributed by atoms with van der Waals surface area (Å²) in [5.41, 5.74) is 3.17. The summed E-state index contributed by atoms with van der Waals surface area (Å²) in [5.74, 6) is 0.939. The number of hydrogen-bond acceptors (Lipinski definition) is 3. The molecule has 6 heteroatoms. The summed E-state index contributed by atoms with van der Waals surface area (Å²) in [7, 11) is 6.13. The van der Waals surface area contributed by atoms with Crippen molar-refractivity contribution in [3.05, 3.63) is 11.5 Å². The molecule has 20 heavy (non-hydrogen) atoms. The summed E-state index contributed by atoms with van der Waals surface area (Å²) < 4.78 is 4.14. The molecule has 2 rings (SSSR count). The Kier molecular flexibility index (Phi) is 4.70. The normalized spacial score (nSPS) is 13.6. The van der Waals surface area contributed by atoms with Crippen molar-refractivity contribution in [3.63, 3.8) is 0 Å². The molecule has 2 heterocycles. The number of aromatic nitrogens is 4. The van der Waals surface area contributed by atoms with Crippen LogP contribution in [-0.4, -0.2) is 44.9 Å². The SMILES string of the molecule is CCCc1nn(C)c2c1nc(C(C)Cl)n2CCN(C)C. The topological polar surface area (TPSA) is 38.9 Å². The first-order valence-electron chi connectivity index (χ1n) is 7.16. The molecular weight excluding hydrogens is 274 g/mol. The van der Waals surface area contributed by atoms with Crippen molar-refractivity contribution >= 4 is 22.8 Å². The molecule has 0 fully saturated rings. The van der Waals surface area contributed by atoms with Crippen molar-refractivity contribution in [3.8, 4) is 0 Å². The molecule has 0 aliphatic carbocycles. The Morgan fingerprint density at radius 3 is 2.60 bits per heavy atom. The van der Waals surface area contributed by atoms with E-state index in [4.69, 9.17) is 16.6 Å². The van der Waals surface area contributed by atoms with E-state index in [9.17, 15) is 0 Å². The van der Waals surface area contributed by atoms with Crippen LogP contribution in [0.4, 0.5) is 0 Å². The zero-order valence-electron chi connectivity index (χ0n) is 13.0. The monoisotopic (exact) mass is 297 g/mol. The zero-order chi connectivity index (χ0) is 14.9. The number of aryl methyl sites for hydroxylation is 2. The minimum Gasteiger partial charge on any atom is -0.310 e. The van der Waals surface area contributed by atoms with Crippen molar-refractivity contribution in [2.24, 2.45) is 7.05 Å². The molecule has 0 aliphatic rings. The summed E-state index contributed by atoms with van der Waals surface area (Å²) >= 11 is 6.31. The van der Waals surface area contributed by atoms with Crippen LogP contribution in [0.25, 0.3) is 11.2 Å². The Morgan fingerprint density at radius 2 is 2.05 bits per heavy atom. The maximum atomic E-state index is 6.31. The Hall–Kier alpha value is -1.07. The van der Waals surface area contributed by atoms with E-state index >= 15 is 0 Å². The summed E-state index contributed by atoms with van der Waals surface area (Å²) in [6, 6.07) is 0. The fourth-order valence-corrected chi connectivity index (χ4v) is 2.65. The van der Waals surface area contributed by atoms with E-state index in [1.54, 1.807) is 0 Å². The highest BCUT2D eigenvalue weighted by atomic mass is 35.5. The third kappa shape index (κ3) is 2.83. The van der Waals surface area contributed by atoms with Crippen molar-refractivity contribution in [1.82, 2.24) is 24.2 Å². The third-order valence-corrected chi connectivity index (χ3v) is 3.63. The fourth-order valence-electron chi connectivity index (χ4n) is 2.49.